The van der Waals surface area contributed by atoms with E-state index in [1.807, 2.05) is 36.7 Å². The van der Waals surface area contributed by atoms with Gasteiger partial charge in [-0.05, 0) is 26.0 Å². The van der Waals surface area contributed by atoms with E-state index in [9.17, 15) is 0 Å². The summed E-state index contributed by atoms with van der Waals surface area (Å²) in [4.78, 5) is 7.09. The highest BCUT2D eigenvalue weighted by atomic mass is 15.1. The number of nitrogens with zero attached hydrogens (tertiary/aromatic N) is 4. The predicted molar refractivity (Wildman–Crippen MR) is 112 cm³/mol. The molecule has 0 fully saturated rings. The minimum atomic E-state index is 0.889. The van der Waals surface area contributed by atoms with E-state index in [1.165, 1.54) is 0 Å². The van der Waals surface area contributed by atoms with Gasteiger partial charge in [0.05, 0.1) is 17.6 Å². The van der Waals surface area contributed by atoms with Crippen LogP contribution in [0, 0.1) is 0 Å². The number of benzene rings is 2. The number of aromatic nitrogens is 3. The lowest BCUT2D eigenvalue weighted by atomic mass is 9.97. The van der Waals surface area contributed by atoms with Crippen LogP contribution in [-0.2, 0) is 0 Å². The molecule has 4 aromatic rings. The van der Waals surface area contributed by atoms with Crippen LogP contribution in [0.3, 0.4) is 0 Å². The van der Waals surface area contributed by atoms with Gasteiger partial charge in [0.2, 0.25) is 0 Å². The molecule has 4 heteroatoms. The Hall–Kier alpha value is -3.27. The number of anilines is 1. The van der Waals surface area contributed by atoms with Gasteiger partial charge in [-0.25, -0.2) is 0 Å². The van der Waals surface area contributed by atoms with Crippen LogP contribution >= 0.6 is 0 Å². The molecule has 134 valence electrons. The van der Waals surface area contributed by atoms with E-state index in [0.29, 0.717) is 0 Å². The lowest BCUT2D eigenvalue weighted by molar-refractivity contribution is 0.864. The minimum Gasteiger partial charge on any atom is -0.370 e. The fraction of sp³-hybridized carbons (Fsp3) is 0.174. The molecule has 4 nitrogen and oxygen atoms in total. The summed E-state index contributed by atoms with van der Waals surface area (Å²) in [6.45, 7) is 6.21. The van der Waals surface area contributed by atoms with Gasteiger partial charge in [-0.3, -0.25) is 4.98 Å². The fourth-order valence-corrected chi connectivity index (χ4v) is 3.56. The van der Waals surface area contributed by atoms with Crippen LogP contribution in [0.1, 0.15) is 13.8 Å². The third-order valence-electron chi connectivity index (χ3n) is 4.88. The Morgan fingerprint density at radius 2 is 1.63 bits per heavy atom. The Labute approximate surface area is 159 Å². The molecule has 0 unspecified atom stereocenters. The summed E-state index contributed by atoms with van der Waals surface area (Å²) in [6.07, 6.45) is 3.68. The molecular formula is C23H22N4. The summed E-state index contributed by atoms with van der Waals surface area (Å²) < 4.78 is 0. The highest BCUT2D eigenvalue weighted by Crippen LogP contribution is 2.37. The van der Waals surface area contributed by atoms with Gasteiger partial charge in [-0.15, -0.1) is 5.10 Å². The van der Waals surface area contributed by atoms with E-state index in [-0.39, 0.29) is 0 Å². The van der Waals surface area contributed by atoms with Crippen LogP contribution < -0.4 is 4.90 Å². The second-order valence-electron chi connectivity index (χ2n) is 6.37. The van der Waals surface area contributed by atoms with Crippen LogP contribution in [0.25, 0.3) is 33.3 Å². The molecule has 0 aliphatic rings. The van der Waals surface area contributed by atoms with Crippen molar-refractivity contribution in [1.29, 1.82) is 0 Å². The summed E-state index contributed by atoms with van der Waals surface area (Å²) in [6, 6.07) is 20.6. The third kappa shape index (κ3) is 3.14. The molecule has 0 atom stereocenters. The summed E-state index contributed by atoms with van der Waals surface area (Å²) in [5.74, 6) is 0. The Morgan fingerprint density at radius 1 is 0.815 bits per heavy atom. The Morgan fingerprint density at radius 3 is 2.41 bits per heavy atom. The first-order chi connectivity index (χ1) is 13.3. The number of fused-ring (bicyclic) bond motifs is 1. The minimum absolute atomic E-state index is 0.889. The molecule has 2 heterocycles. The lowest BCUT2D eigenvalue weighted by Crippen LogP contribution is -2.22. The van der Waals surface area contributed by atoms with Crippen LogP contribution in [0.15, 0.2) is 73.1 Å². The van der Waals surface area contributed by atoms with Crippen molar-refractivity contribution in [2.24, 2.45) is 0 Å². The number of pyridine rings is 1. The van der Waals surface area contributed by atoms with E-state index in [4.69, 9.17) is 4.98 Å². The van der Waals surface area contributed by atoms with Gasteiger partial charge < -0.3 is 4.90 Å². The molecule has 0 aliphatic heterocycles. The molecule has 2 aromatic heterocycles. The lowest BCUT2D eigenvalue weighted by Gasteiger charge is -2.24. The third-order valence-corrected chi connectivity index (χ3v) is 4.88. The zero-order valence-corrected chi connectivity index (χ0v) is 15.6. The van der Waals surface area contributed by atoms with Crippen LogP contribution in [-0.4, -0.2) is 28.3 Å². The standard InChI is InChI=1S/C23H22N4/c1-3-27(4-2)20-14-9-15-24-23(20)19-13-8-12-18-16-25-26-22(21(18)19)17-10-6-5-7-11-17/h5-16H,3-4H2,1-2H3. The summed E-state index contributed by atoms with van der Waals surface area (Å²) in [5, 5.41) is 10.9. The molecule has 4 rings (SSSR count). The Kier molecular flexibility index (Phi) is 4.79. The van der Waals surface area contributed by atoms with Gasteiger partial charge in [0, 0.05) is 41.2 Å². The SMILES string of the molecule is CCN(CC)c1cccnc1-c1cccc2cnnc(-c3ccccc3)c12. The molecule has 0 bridgehead atoms. The number of hydrogen-bond donors (Lipinski definition) is 0. The Balaban J connectivity index is 2.03. The predicted octanol–water partition coefficient (Wildman–Crippen LogP) is 5.21. The molecule has 2 aromatic carbocycles. The Bertz CT molecular complexity index is 1050. The topological polar surface area (TPSA) is 41.9 Å². The molecule has 0 radical (unpaired) electrons. The summed E-state index contributed by atoms with van der Waals surface area (Å²) >= 11 is 0. The highest BCUT2D eigenvalue weighted by molar-refractivity contribution is 6.05. The van der Waals surface area contributed by atoms with Gasteiger partial charge in [-0.1, -0.05) is 48.5 Å². The maximum absolute atomic E-state index is 4.76. The first-order valence-electron chi connectivity index (χ1n) is 9.33. The van der Waals surface area contributed by atoms with Crippen molar-refractivity contribution in [3.63, 3.8) is 0 Å². The van der Waals surface area contributed by atoms with Crippen molar-refractivity contribution >= 4 is 16.5 Å². The zero-order valence-electron chi connectivity index (χ0n) is 15.6. The van der Waals surface area contributed by atoms with Crippen molar-refractivity contribution in [3.8, 4) is 22.5 Å². The second kappa shape index (κ2) is 7.54. The molecule has 0 amide bonds. The van der Waals surface area contributed by atoms with E-state index < -0.39 is 0 Å². The quantitative estimate of drug-likeness (QED) is 0.494. The first-order valence-corrected chi connectivity index (χ1v) is 9.33. The summed E-state index contributed by atoms with van der Waals surface area (Å²) in [7, 11) is 0. The maximum atomic E-state index is 4.76. The molecule has 27 heavy (non-hydrogen) atoms. The van der Waals surface area contributed by atoms with Crippen molar-refractivity contribution in [1.82, 2.24) is 15.2 Å². The summed E-state index contributed by atoms with van der Waals surface area (Å²) in [5.41, 5.74) is 5.16. The van der Waals surface area contributed by atoms with E-state index in [1.54, 1.807) is 0 Å². The van der Waals surface area contributed by atoms with Gasteiger partial charge >= 0.3 is 0 Å². The van der Waals surface area contributed by atoms with Crippen LogP contribution in [0.5, 0.6) is 0 Å². The molecule has 0 saturated carbocycles. The van der Waals surface area contributed by atoms with Gasteiger partial charge in [0.1, 0.15) is 5.69 Å². The van der Waals surface area contributed by atoms with Gasteiger partial charge in [-0.2, -0.15) is 5.10 Å². The van der Waals surface area contributed by atoms with Gasteiger partial charge in [0.25, 0.3) is 0 Å². The number of hydrogen-bond acceptors (Lipinski definition) is 4. The first kappa shape index (κ1) is 17.2. The van der Waals surface area contributed by atoms with Crippen molar-refractivity contribution in [3.05, 3.63) is 73.1 Å². The second-order valence-corrected chi connectivity index (χ2v) is 6.37. The molecule has 0 saturated heterocycles. The monoisotopic (exact) mass is 354 g/mol. The molecule has 0 aliphatic carbocycles. The average Bonchev–Trinajstić information content (AvgIpc) is 2.75. The largest absolute Gasteiger partial charge is 0.370 e. The van der Waals surface area contributed by atoms with Crippen molar-refractivity contribution in [2.45, 2.75) is 13.8 Å². The van der Waals surface area contributed by atoms with Crippen molar-refractivity contribution in [2.75, 3.05) is 18.0 Å². The average molecular weight is 354 g/mol. The zero-order chi connectivity index (χ0) is 18.6. The van der Waals surface area contributed by atoms with E-state index in [0.717, 1.165) is 52.1 Å². The normalized spacial score (nSPS) is 10.9. The molecular weight excluding hydrogens is 332 g/mol. The van der Waals surface area contributed by atoms with Crippen molar-refractivity contribution < 1.29 is 0 Å². The smallest absolute Gasteiger partial charge is 0.101 e. The maximum Gasteiger partial charge on any atom is 0.101 e. The molecule has 0 spiro atoms. The van der Waals surface area contributed by atoms with Crippen LogP contribution in [0.4, 0.5) is 5.69 Å². The van der Waals surface area contributed by atoms with E-state index >= 15 is 0 Å². The highest BCUT2D eigenvalue weighted by Gasteiger charge is 2.17. The number of rotatable bonds is 5. The molecule has 0 N–H and O–H groups in total. The van der Waals surface area contributed by atoms with E-state index in [2.05, 4.69) is 65.3 Å². The fourth-order valence-electron chi connectivity index (χ4n) is 3.56. The van der Waals surface area contributed by atoms with Gasteiger partial charge in [0.15, 0.2) is 0 Å². The van der Waals surface area contributed by atoms with Crippen LogP contribution in [0.2, 0.25) is 0 Å².